The largest absolute Gasteiger partial charge is 0.462 e. The summed E-state index contributed by atoms with van der Waals surface area (Å²) in [5.74, 6) is 0.900. The fourth-order valence-electron chi connectivity index (χ4n) is 3.87. The Morgan fingerprint density at radius 1 is 0.833 bits per heavy atom. The molecule has 0 fully saturated rings. The first-order chi connectivity index (χ1) is 14.7. The predicted molar refractivity (Wildman–Crippen MR) is 116 cm³/mol. The third-order valence-electron chi connectivity index (χ3n) is 5.06. The molecule has 0 radical (unpaired) electrons. The van der Waals surface area contributed by atoms with Crippen molar-refractivity contribution in [2.45, 2.75) is 26.0 Å². The van der Waals surface area contributed by atoms with Gasteiger partial charge in [0.2, 0.25) is 5.72 Å². The van der Waals surface area contributed by atoms with E-state index in [0.29, 0.717) is 24.5 Å². The smallest absolute Gasteiger partial charge is 0.360 e. The molecular formula is C25H25NO4. The predicted octanol–water partition coefficient (Wildman–Crippen LogP) is 5.47. The van der Waals surface area contributed by atoms with Crippen LogP contribution < -0.4 is 9.64 Å². The van der Waals surface area contributed by atoms with Crippen LogP contribution in [0.2, 0.25) is 0 Å². The molecule has 30 heavy (non-hydrogen) atoms. The third-order valence-corrected chi connectivity index (χ3v) is 5.06. The quantitative estimate of drug-likeness (QED) is 0.490. The summed E-state index contributed by atoms with van der Waals surface area (Å²) < 4.78 is 18.0. The van der Waals surface area contributed by atoms with Crippen molar-refractivity contribution in [1.29, 1.82) is 0 Å². The van der Waals surface area contributed by atoms with E-state index in [1.807, 2.05) is 90.7 Å². The molecule has 1 aliphatic rings. The standard InChI is InChI=1S/C25H25NO4/c1-3-28-24(27)25(29-4-2,18-19-12-6-5-7-13-19)26-20-14-8-10-16-22(20)30-23-17-11-9-15-21(23)26/h5-17H,3-4,18H2,1-2H3. The number of hydrogen-bond donors (Lipinski definition) is 0. The third kappa shape index (κ3) is 3.53. The van der Waals surface area contributed by atoms with Gasteiger partial charge in [0.25, 0.3) is 0 Å². The second-order valence-electron chi connectivity index (χ2n) is 6.97. The minimum absolute atomic E-state index is 0.260. The van der Waals surface area contributed by atoms with Crippen molar-refractivity contribution >= 4 is 17.3 Å². The lowest BCUT2D eigenvalue weighted by molar-refractivity contribution is -0.171. The topological polar surface area (TPSA) is 48.0 Å². The van der Waals surface area contributed by atoms with Crippen LogP contribution in [-0.4, -0.2) is 24.9 Å². The van der Waals surface area contributed by atoms with Crippen molar-refractivity contribution in [2.24, 2.45) is 0 Å². The molecule has 0 aliphatic carbocycles. The van der Waals surface area contributed by atoms with Crippen LogP contribution in [0.15, 0.2) is 78.9 Å². The molecule has 3 aromatic rings. The molecule has 1 aliphatic heterocycles. The van der Waals surface area contributed by atoms with Gasteiger partial charge in [0.15, 0.2) is 11.5 Å². The maximum Gasteiger partial charge on any atom is 0.360 e. The van der Waals surface area contributed by atoms with Crippen LogP contribution in [-0.2, 0) is 20.7 Å². The Hall–Kier alpha value is -3.31. The zero-order valence-electron chi connectivity index (χ0n) is 17.2. The van der Waals surface area contributed by atoms with Gasteiger partial charge in [0.1, 0.15) is 0 Å². The van der Waals surface area contributed by atoms with Crippen molar-refractivity contribution in [1.82, 2.24) is 0 Å². The second-order valence-corrected chi connectivity index (χ2v) is 6.97. The number of fused-ring (bicyclic) bond motifs is 2. The monoisotopic (exact) mass is 403 g/mol. The Kier molecular flexibility index (Phi) is 5.72. The number of esters is 1. The Morgan fingerprint density at radius 2 is 1.40 bits per heavy atom. The number of carbonyl (C=O) groups is 1. The normalized spacial score (nSPS) is 14.1. The fourth-order valence-corrected chi connectivity index (χ4v) is 3.87. The number of nitrogens with zero attached hydrogens (tertiary/aromatic N) is 1. The fraction of sp³-hybridized carbons (Fsp3) is 0.240. The highest BCUT2D eigenvalue weighted by molar-refractivity contribution is 5.91. The average molecular weight is 403 g/mol. The van der Waals surface area contributed by atoms with E-state index in [2.05, 4.69) is 0 Å². The van der Waals surface area contributed by atoms with Gasteiger partial charge in [-0.15, -0.1) is 0 Å². The lowest BCUT2D eigenvalue weighted by Crippen LogP contribution is -2.58. The molecule has 0 spiro atoms. The molecule has 0 bridgehead atoms. The molecule has 0 saturated heterocycles. The maximum absolute atomic E-state index is 13.5. The first-order valence-electron chi connectivity index (χ1n) is 10.2. The van der Waals surface area contributed by atoms with Gasteiger partial charge in [-0.1, -0.05) is 54.6 Å². The van der Waals surface area contributed by atoms with Crippen LogP contribution in [0, 0.1) is 0 Å². The molecule has 5 heteroatoms. The highest BCUT2D eigenvalue weighted by atomic mass is 16.6. The van der Waals surface area contributed by atoms with Crippen LogP contribution in [0.25, 0.3) is 0 Å². The number of ether oxygens (including phenoxy) is 3. The summed E-state index contributed by atoms with van der Waals surface area (Å²) >= 11 is 0. The Labute approximate surface area is 176 Å². The molecule has 1 heterocycles. The minimum atomic E-state index is -1.39. The molecule has 4 rings (SSSR count). The molecule has 0 aromatic heterocycles. The molecule has 1 unspecified atom stereocenters. The number of para-hydroxylation sites is 4. The van der Waals surface area contributed by atoms with Gasteiger partial charge in [-0.25, -0.2) is 4.79 Å². The highest BCUT2D eigenvalue weighted by Gasteiger charge is 2.50. The Balaban J connectivity index is 1.95. The summed E-state index contributed by atoms with van der Waals surface area (Å²) in [4.78, 5) is 15.5. The summed E-state index contributed by atoms with van der Waals surface area (Å²) in [6.45, 7) is 4.29. The maximum atomic E-state index is 13.5. The van der Waals surface area contributed by atoms with Gasteiger partial charge in [0, 0.05) is 13.0 Å². The number of anilines is 2. The zero-order valence-corrected chi connectivity index (χ0v) is 17.2. The van der Waals surface area contributed by atoms with E-state index in [-0.39, 0.29) is 6.61 Å². The highest BCUT2D eigenvalue weighted by Crippen LogP contribution is 2.50. The van der Waals surface area contributed by atoms with Crippen molar-refractivity contribution in [2.75, 3.05) is 18.1 Å². The van der Waals surface area contributed by atoms with Crippen LogP contribution >= 0.6 is 0 Å². The Morgan fingerprint density at radius 3 is 1.97 bits per heavy atom. The van der Waals surface area contributed by atoms with Gasteiger partial charge in [-0.2, -0.15) is 0 Å². The summed E-state index contributed by atoms with van der Waals surface area (Å²) in [6, 6.07) is 25.2. The second kappa shape index (κ2) is 8.59. The Bertz CT molecular complexity index is 975. The number of benzene rings is 3. The van der Waals surface area contributed by atoms with E-state index < -0.39 is 11.7 Å². The summed E-state index contributed by atoms with van der Waals surface area (Å²) in [5, 5.41) is 0. The average Bonchev–Trinajstić information content (AvgIpc) is 2.78. The van der Waals surface area contributed by atoms with Crippen molar-refractivity contribution in [3.63, 3.8) is 0 Å². The first kappa shape index (κ1) is 20.0. The minimum Gasteiger partial charge on any atom is -0.462 e. The van der Waals surface area contributed by atoms with Gasteiger partial charge < -0.3 is 14.2 Å². The number of carbonyl (C=O) groups excluding carboxylic acids is 1. The van der Waals surface area contributed by atoms with Crippen molar-refractivity contribution < 1.29 is 19.0 Å². The molecule has 3 aromatic carbocycles. The van der Waals surface area contributed by atoms with Gasteiger partial charge in [0.05, 0.1) is 18.0 Å². The van der Waals surface area contributed by atoms with E-state index in [1.54, 1.807) is 6.92 Å². The van der Waals surface area contributed by atoms with Crippen LogP contribution in [0.3, 0.4) is 0 Å². The van der Waals surface area contributed by atoms with E-state index in [9.17, 15) is 4.79 Å². The van der Waals surface area contributed by atoms with E-state index >= 15 is 0 Å². The van der Waals surface area contributed by atoms with E-state index in [0.717, 1.165) is 16.9 Å². The lowest BCUT2D eigenvalue weighted by Gasteiger charge is -2.45. The van der Waals surface area contributed by atoms with Crippen LogP contribution in [0.1, 0.15) is 19.4 Å². The number of rotatable bonds is 7. The zero-order chi connectivity index (χ0) is 21.0. The molecule has 0 saturated carbocycles. The molecule has 1 atom stereocenters. The molecule has 0 amide bonds. The molecular weight excluding hydrogens is 378 g/mol. The van der Waals surface area contributed by atoms with Crippen molar-refractivity contribution in [3.8, 4) is 11.5 Å². The molecule has 5 nitrogen and oxygen atoms in total. The van der Waals surface area contributed by atoms with Crippen LogP contribution in [0.4, 0.5) is 11.4 Å². The number of hydrogen-bond acceptors (Lipinski definition) is 5. The lowest BCUT2D eigenvalue weighted by atomic mass is 9.97. The molecule has 0 N–H and O–H groups in total. The van der Waals surface area contributed by atoms with E-state index in [4.69, 9.17) is 14.2 Å². The summed E-state index contributed by atoms with van der Waals surface area (Å²) in [6.07, 6.45) is 0.323. The SMILES string of the molecule is CCOC(=O)C(Cc1ccccc1)(OCC)N1c2ccccc2Oc2ccccc21. The van der Waals surface area contributed by atoms with Crippen LogP contribution in [0.5, 0.6) is 11.5 Å². The van der Waals surface area contributed by atoms with E-state index in [1.165, 1.54) is 0 Å². The first-order valence-corrected chi connectivity index (χ1v) is 10.2. The molecule has 154 valence electrons. The van der Waals surface area contributed by atoms with Gasteiger partial charge >= 0.3 is 5.97 Å². The van der Waals surface area contributed by atoms with Crippen molar-refractivity contribution in [3.05, 3.63) is 84.4 Å². The van der Waals surface area contributed by atoms with Gasteiger partial charge in [-0.3, -0.25) is 4.90 Å². The van der Waals surface area contributed by atoms with Gasteiger partial charge in [-0.05, 0) is 43.7 Å². The summed E-state index contributed by atoms with van der Waals surface area (Å²) in [5.41, 5.74) is 1.10. The summed E-state index contributed by atoms with van der Waals surface area (Å²) in [7, 11) is 0.